The Morgan fingerprint density at radius 2 is 1.88 bits per heavy atom. The number of nitrogens with zero attached hydrogens (tertiary/aromatic N) is 2. The number of rotatable bonds is 6. The van der Waals surface area contributed by atoms with Crippen molar-refractivity contribution in [3.05, 3.63) is 54.1 Å². The normalized spacial score (nSPS) is 12.8. The van der Waals surface area contributed by atoms with Crippen LogP contribution in [0.4, 0.5) is 0 Å². The molecule has 1 atom stereocenters. The van der Waals surface area contributed by atoms with E-state index in [-0.39, 0.29) is 12.3 Å². The van der Waals surface area contributed by atoms with Crippen LogP contribution in [0.25, 0.3) is 0 Å². The highest BCUT2D eigenvalue weighted by Gasteiger charge is 2.38. The summed E-state index contributed by atoms with van der Waals surface area (Å²) in [4.78, 5) is 32.5. The molecule has 0 radical (unpaired) electrons. The number of esters is 1. The summed E-state index contributed by atoms with van der Waals surface area (Å²) >= 11 is 0. The van der Waals surface area contributed by atoms with Gasteiger partial charge in [-0.2, -0.15) is 0 Å². The van der Waals surface area contributed by atoms with Gasteiger partial charge in [0.1, 0.15) is 18.1 Å². The van der Waals surface area contributed by atoms with Gasteiger partial charge < -0.3 is 14.8 Å². The molecule has 0 aliphatic carbocycles. The Hall–Kier alpha value is -2.96. The van der Waals surface area contributed by atoms with Gasteiger partial charge in [0.2, 0.25) is 0 Å². The quantitative estimate of drug-likeness (QED) is 0.808. The molecule has 0 spiro atoms. The van der Waals surface area contributed by atoms with Gasteiger partial charge >= 0.3 is 5.97 Å². The van der Waals surface area contributed by atoms with Crippen LogP contribution in [0.1, 0.15) is 23.1 Å². The van der Waals surface area contributed by atoms with E-state index in [1.807, 2.05) is 18.2 Å². The average molecular weight is 329 g/mol. The summed E-state index contributed by atoms with van der Waals surface area (Å²) < 4.78 is 10.4. The summed E-state index contributed by atoms with van der Waals surface area (Å²) in [6, 6.07) is 8.98. The molecule has 1 aromatic carbocycles. The van der Waals surface area contributed by atoms with Crippen LogP contribution in [0.2, 0.25) is 0 Å². The molecule has 1 aromatic heterocycles. The molecule has 0 saturated carbocycles. The predicted molar refractivity (Wildman–Crippen MR) is 86.6 cm³/mol. The van der Waals surface area contributed by atoms with E-state index >= 15 is 0 Å². The predicted octanol–water partition coefficient (Wildman–Crippen LogP) is 1.53. The van der Waals surface area contributed by atoms with Crippen molar-refractivity contribution in [2.24, 2.45) is 0 Å². The van der Waals surface area contributed by atoms with Crippen molar-refractivity contribution in [3.8, 4) is 5.75 Å². The lowest BCUT2D eigenvalue weighted by atomic mass is 10.0. The molecule has 24 heavy (non-hydrogen) atoms. The van der Waals surface area contributed by atoms with Gasteiger partial charge in [-0.15, -0.1) is 0 Å². The monoisotopic (exact) mass is 329 g/mol. The van der Waals surface area contributed by atoms with Crippen LogP contribution < -0.4 is 10.1 Å². The smallest absolute Gasteiger partial charge is 0.334 e. The van der Waals surface area contributed by atoms with Crippen LogP contribution >= 0.6 is 0 Å². The number of nitrogens with one attached hydrogen (secondary N) is 1. The van der Waals surface area contributed by atoms with Crippen molar-refractivity contribution in [2.45, 2.75) is 19.4 Å². The summed E-state index contributed by atoms with van der Waals surface area (Å²) in [5.41, 5.74) is -0.570. The van der Waals surface area contributed by atoms with Crippen LogP contribution in [0.3, 0.4) is 0 Å². The summed E-state index contributed by atoms with van der Waals surface area (Å²) in [7, 11) is 1.25. The molecule has 7 nitrogen and oxygen atoms in total. The molecule has 1 amide bonds. The highest BCUT2D eigenvalue weighted by molar-refractivity contribution is 5.96. The zero-order chi connectivity index (χ0) is 17.6. The number of aryl methyl sites for hydroxylation is 1. The average Bonchev–Trinajstić information content (AvgIpc) is 2.60. The van der Waals surface area contributed by atoms with Crippen LogP contribution in [-0.4, -0.2) is 41.1 Å². The first-order chi connectivity index (χ1) is 11.4. The van der Waals surface area contributed by atoms with E-state index in [9.17, 15) is 9.59 Å². The first-order valence-electron chi connectivity index (χ1n) is 7.32. The van der Waals surface area contributed by atoms with Gasteiger partial charge in [-0.25, -0.2) is 9.78 Å². The lowest BCUT2D eigenvalue weighted by Gasteiger charge is -2.27. The molecular weight excluding hydrogens is 310 g/mol. The van der Waals surface area contributed by atoms with Crippen molar-refractivity contribution < 1.29 is 19.1 Å². The van der Waals surface area contributed by atoms with Gasteiger partial charge in [0.05, 0.1) is 19.0 Å². The molecule has 2 rings (SSSR count). The maximum Gasteiger partial charge on any atom is 0.334 e. The minimum atomic E-state index is -1.37. The van der Waals surface area contributed by atoms with Gasteiger partial charge in [-0.3, -0.25) is 9.78 Å². The van der Waals surface area contributed by atoms with Crippen LogP contribution in [-0.2, 0) is 9.53 Å². The van der Waals surface area contributed by atoms with E-state index < -0.39 is 17.4 Å². The number of aromatic nitrogens is 2. The third-order valence-corrected chi connectivity index (χ3v) is 3.31. The molecule has 0 fully saturated rings. The zero-order valence-corrected chi connectivity index (χ0v) is 13.8. The highest BCUT2D eigenvalue weighted by Crippen LogP contribution is 2.14. The summed E-state index contributed by atoms with van der Waals surface area (Å²) in [5.74, 6) is -0.573. The SMILES string of the molecule is COC(=O)[C@@](C)(COc1ccccc1)NC(=O)c1cnc(C)cn1. The van der Waals surface area contributed by atoms with E-state index in [1.54, 1.807) is 19.1 Å². The first-order valence-corrected chi connectivity index (χ1v) is 7.32. The van der Waals surface area contributed by atoms with Crippen LogP contribution in [0.5, 0.6) is 5.75 Å². The molecule has 1 heterocycles. The van der Waals surface area contributed by atoms with E-state index in [1.165, 1.54) is 26.4 Å². The fourth-order valence-corrected chi connectivity index (χ4v) is 1.94. The van der Waals surface area contributed by atoms with Gasteiger partial charge in [0, 0.05) is 6.20 Å². The van der Waals surface area contributed by atoms with E-state index in [4.69, 9.17) is 9.47 Å². The number of ether oxygens (including phenoxy) is 2. The fourth-order valence-electron chi connectivity index (χ4n) is 1.94. The zero-order valence-electron chi connectivity index (χ0n) is 13.8. The largest absolute Gasteiger partial charge is 0.491 e. The number of amides is 1. The highest BCUT2D eigenvalue weighted by atomic mass is 16.5. The van der Waals surface area contributed by atoms with Crippen molar-refractivity contribution in [3.63, 3.8) is 0 Å². The number of para-hydroxylation sites is 1. The lowest BCUT2D eigenvalue weighted by Crippen LogP contribution is -2.56. The van der Waals surface area contributed by atoms with Gasteiger partial charge in [0.15, 0.2) is 5.54 Å². The molecule has 1 N–H and O–H groups in total. The van der Waals surface area contributed by atoms with Crippen molar-refractivity contribution in [1.82, 2.24) is 15.3 Å². The second-order valence-corrected chi connectivity index (χ2v) is 5.42. The molecule has 0 aliphatic heterocycles. The number of carbonyl (C=O) groups excluding carboxylic acids is 2. The number of carbonyl (C=O) groups is 2. The molecule has 0 unspecified atom stereocenters. The number of methoxy groups -OCH3 is 1. The Morgan fingerprint density at radius 3 is 2.46 bits per heavy atom. The van der Waals surface area contributed by atoms with Crippen molar-refractivity contribution in [2.75, 3.05) is 13.7 Å². The van der Waals surface area contributed by atoms with Crippen molar-refractivity contribution >= 4 is 11.9 Å². The third kappa shape index (κ3) is 4.28. The Morgan fingerprint density at radius 1 is 1.17 bits per heavy atom. The number of hydrogen-bond donors (Lipinski definition) is 1. The topological polar surface area (TPSA) is 90.4 Å². The standard InChI is InChI=1S/C17H19N3O4/c1-12-9-19-14(10-18-12)15(21)20-17(2,16(22)23-3)11-24-13-7-5-4-6-8-13/h4-10H,11H2,1-3H3,(H,20,21)/t17-/m1/s1. The van der Waals surface area contributed by atoms with E-state index in [2.05, 4.69) is 15.3 Å². The minimum Gasteiger partial charge on any atom is -0.491 e. The third-order valence-electron chi connectivity index (χ3n) is 3.31. The van der Waals surface area contributed by atoms with E-state index in [0.717, 1.165) is 0 Å². The second kappa shape index (κ2) is 7.54. The first kappa shape index (κ1) is 17.4. The molecule has 2 aromatic rings. The Bertz CT molecular complexity index is 704. The van der Waals surface area contributed by atoms with E-state index in [0.29, 0.717) is 11.4 Å². The second-order valence-electron chi connectivity index (χ2n) is 5.42. The van der Waals surface area contributed by atoms with Gasteiger partial charge in [-0.1, -0.05) is 18.2 Å². The maximum atomic E-state index is 12.3. The molecule has 126 valence electrons. The summed E-state index contributed by atoms with van der Waals surface area (Å²) in [5, 5.41) is 2.61. The lowest BCUT2D eigenvalue weighted by molar-refractivity contribution is -0.148. The molecule has 0 saturated heterocycles. The number of hydrogen-bond acceptors (Lipinski definition) is 6. The Labute approximate surface area is 140 Å². The number of benzene rings is 1. The molecule has 7 heteroatoms. The van der Waals surface area contributed by atoms with Gasteiger partial charge in [0.25, 0.3) is 5.91 Å². The molecular formula is C17H19N3O4. The minimum absolute atomic E-state index is 0.0886. The summed E-state index contributed by atoms with van der Waals surface area (Å²) in [6.45, 7) is 3.21. The van der Waals surface area contributed by atoms with Crippen LogP contribution in [0, 0.1) is 6.92 Å². The maximum absolute atomic E-state index is 12.3. The fraction of sp³-hybridized carbons (Fsp3) is 0.294. The summed E-state index contributed by atoms with van der Waals surface area (Å²) in [6.07, 6.45) is 2.82. The van der Waals surface area contributed by atoms with Crippen molar-refractivity contribution in [1.29, 1.82) is 0 Å². The Balaban J connectivity index is 2.13. The Kier molecular flexibility index (Phi) is 5.47. The molecule has 0 aliphatic rings. The van der Waals surface area contributed by atoms with Crippen LogP contribution in [0.15, 0.2) is 42.7 Å². The molecule has 0 bridgehead atoms. The van der Waals surface area contributed by atoms with Gasteiger partial charge in [-0.05, 0) is 26.0 Å².